The molecule has 122 valence electrons. The lowest BCUT2D eigenvalue weighted by Gasteiger charge is -2.20. The summed E-state index contributed by atoms with van der Waals surface area (Å²) in [5, 5.41) is 3.12. The molecule has 0 aliphatic heterocycles. The van der Waals surface area contributed by atoms with Crippen LogP contribution >= 0.6 is 0 Å². The Morgan fingerprint density at radius 1 is 1.30 bits per heavy atom. The highest BCUT2D eigenvalue weighted by atomic mass is 16.1. The normalized spacial score (nSPS) is 29.3. The minimum Gasteiger partial charge on any atom is -0.355 e. The Labute approximate surface area is 136 Å². The van der Waals surface area contributed by atoms with Crippen molar-refractivity contribution in [3.63, 3.8) is 0 Å². The van der Waals surface area contributed by atoms with E-state index < -0.39 is 0 Å². The quantitative estimate of drug-likeness (QED) is 0.662. The molecule has 1 aromatic heterocycles. The maximum absolute atomic E-state index is 12.6. The first-order valence-electron chi connectivity index (χ1n) is 8.60. The van der Waals surface area contributed by atoms with Crippen LogP contribution < -0.4 is 5.32 Å². The second-order valence-electron chi connectivity index (χ2n) is 7.64. The van der Waals surface area contributed by atoms with E-state index in [2.05, 4.69) is 22.5 Å². The molecule has 1 spiro atoms. The maximum atomic E-state index is 12.6. The van der Waals surface area contributed by atoms with Crippen LogP contribution in [0.4, 0.5) is 0 Å². The molecule has 2 N–H and O–H groups in total. The highest BCUT2D eigenvalue weighted by Crippen LogP contribution is 2.69. The number of rotatable bonds is 4. The third-order valence-corrected chi connectivity index (χ3v) is 6.39. The van der Waals surface area contributed by atoms with Gasteiger partial charge in [-0.3, -0.25) is 9.59 Å². The van der Waals surface area contributed by atoms with Crippen LogP contribution in [-0.2, 0) is 0 Å². The number of carbonyl (C=O) groups excluding carboxylic acids is 2. The molecule has 3 aliphatic rings. The van der Waals surface area contributed by atoms with Crippen molar-refractivity contribution in [2.45, 2.75) is 40.0 Å². The summed E-state index contributed by atoms with van der Waals surface area (Å²) in [5.41, 5.74) is 3.29. The fourth-order valence-corrected chi connectivity index (χ4v) is 5.11. The highest BCUT2D eigenvalue weighted by molar-refractivity contribution is 6.02. The van der Waals surface area contributed by atoms with Crippen LogP contribution in [0.5, 0.6) is 0 Å². The van der Waals surface area contributed by atoms with Crippen LogP contribution in [0.15, 0.2) is 12.2 Å². The van der Waals surface area contributed by atoms with E-state index in [9.17, 15) is 9.59 Å². The third-order valence-electron chi connectivity index (χ3n) is 6.39. The van der Waals surface area contributed by atoms with Crippen LogP contribution in [-0.4, -0.2) is 23.2 Å². The summed E-state index contributed by atoms with van der Waals surface area (Å²) < 4.78 is 0. The summed E-state index contributed by atoms with van der Waals surface area (Å²) in [5.74, 6) is 1.89. The smallest absolute Gasteiger partial charge is 0.253 e. The lowest BCUT2D eigenvalue weighted by atomic mass is 9.89. The van der Waals surface area contributed by atoms with Gasteiger partial charge in [-0.05, 0) is 61.8 Å². The van der Waals surface area contributed by atoms with Gasteiger partial charge in [0.05, 0.1) is 11.3 Å². The number of ketones is 1. The molecule has 3 aliphatic carbocycles. The van der Waals surface area contributed by atoms with E-state index in [0.29, 0.717) is 28.5 Å². The zero-order chi connectivity index (χ0) is 16.4. The molecule has 4 rings (SSSR count). The first-order chi connectivity index (χ1) is 10.9. The molecule has 4 heteroatoms. The SMILES string of the molecule is CC(=O)c1[nH]c(C)c(C(=O)NC[C@H]2C[C@H]3C=C[C@H]2C32CC2)c1C. The van der Waals surface area contributed by atoms with Crippen molar-refractivity contribution in [1.29, 1.82) is 0 Å². The van der Waals surface area contributed by atoms with Crippen LogP contribution in [0.3, 0.4) is 0 Å². The van der Waals surface area contributed by atoms with Gasteiger partial charge in [0.1, 0.15) is 0 Å². The highest BCUT2D eigenvalue weighted by Gasteiger charge is 2.62. The second kappa shape index (κ2) is 4.83. The fourth-order valence-electron chi connectivity index (χ4n) is 5.11. The Morgan fingerprint density at radius 2 is 2.04 bits per heavy atom. The standard InChI is InChI=1S/C19H24N2O2/c1-10-16(11(2)21-17(10)12(3)22)18(23)20-9-13-8-14-4-5-15(13)19(14)6-7-19/h4-5,13-15,21H,6-9H2,1-3H3,(H,20,23)/t13-,14-,15-/m1/s1. The number of hydrogen-bond donors (Lipinski definition) is 2. The van der Waals surface area contributed by atoms with Crippen molar-refractivity contribution in [3.8, 4) is 0 Å². The molecule has 1 amide bonds. The monoisotopic (exact) mass is 312 g/mol. The number of aryl methyl sites for hydroxylation is 1. The average Bonchev–Trinajstić information content (AvgIpc) is 3.07. The molecule has 1 aromatic rings. The van der Waals surface area contributed by atoms with Gasteiger partial charge in [-0.25, -0.2) is 0 Å². The molecule has 0 aromatic carbocycles. The molecule has 0 radical (unpaired) electrons. The van der Waals surface area contributed by atoms with Crippen molar-refractivity contribution in [2.75, 3.05) is 6.54 Å². The van der Waals surface area contributed by atoms with Gasteiger partial charge in [-0.1, -0.05) is 12.2 Å². The van der Waals surface area contributed by atoms with Gasteiger partial charge >= 0.3 is 0 Å². The topological polar surface area (TPSA) is 62.0 Å². The number of aromatic amines is 1. The molecular formula is C19H24N2O2. The largest absolute Gasteiger partial charge is 0.355 e. The number of aromatic nitrogens is 1. The Balaban J connectivity index is 1.45. The van der Waals surface area contributed by atoms with E-state index >= 15 is 0 Å². The summed E-state index contributed by atoms with van der Waals surface area (Å²) >= 11 is 0. The number of amides is 1. The lowest BCUT2D eigenvalue weighted by Crippen LogP contribution is -2.32. The van der Waals surface area contributed by atoms with E-state index in [1.165, 1.54) is 26.2 Å². The number of hydrogen-bond acceptors (Lipinski definition) is 2. The molecule has 3 atom stereocenters. The Kier molecular flexibility index (Phi) is 3.09. The van der Waals surface area contributed by atoms with Crippen molar-refractivity contribution >= 4 is 11.7 Å². The van der Waals surface area contributed by atoms with E-state index in [1.54, 1.807) is 0 Å². The summed E-state index contributed by atoms with van der Waals surface area (Å²) in [4.78, 5) is 27.3. The Bertz CT molecular complexity index is 724. The molecule has 1 heterocycles. The van der Waals surface area contributed by atoms with E-state index in [0.717, 1.165) is 23.7 Å². The van der Waals surface area contributed by atoms with Crippen molar-refractivity contribution in [1.82, 2.24) is 10.3 Å². The van der Waals surface area contributed by atoms with Crippen molar-refractivity contribution in [2.24, 2.45) is 23.2 Å². The van der Waals surface area contributed by atoms with Crippen molar-refractivity contribution in [3.05, 3.63) is 34.7 Å². The molecule has 0 unspecified atom stereocenters. The van der Waals surface area contributed by atoms with Gasteiger partial charge in [0.2, 0.25) is 0 Å². The predicted molar refractivity (Wildman–Crippen MR) is 88.5 cm³/mol. The van der Waals surface area contributed by atoms with Gasteiger partial charge in [-0.2, -0.15) is 0 Å². The van der Waals surface area contributed by atoms with Gasteiger partial charge in [0.15, 0.2) is 5.78 Å². The Morgan fingerprint density at radius 3 is 2.61 bits per heavy atom. The summed E-state index contributed by atoms with van der Waals surface area (Å²) in [6.45, 7) is 5.96. The number of H-pyrrole nitrogens is 1. The first-order valence-corrected chi connectivity index (χ1v) is 8.60. The summed E-state index contributed by atoms with van der Waals surface area (Å²) in [6, 6.07) is 0. The second-order valence-corrected chi connectivity index (χ2v) is 7.64. The first kappa shape index (κ1) is 14.7. The van der Waals surface area contributed by atoms with E-state index in [-0.39, 0.29) is 11.7 Å². The maximum Gasteiger partial charge on any atom is 0.253 e. The molecule has 2 fully saturated rings. The van der Waals surface area contributed by atoms with Gasteiger partial charge in [0, 0.05) is 19.2 Å². The minimum absolute atomic E-state index is 0.0291. The van der Waals surface area contributed by atoms with Crippen molar-refractivity contribution < 1.29 is 9.59 Å². The molecule has 2 bridgehead atoms. The summed E-state index contributed by atoms with van der Waals surface area (Å²) in [7, 11) is 0. The van der Waals surface area contributed by atoms with Gasteiger partial charge in [-0.15, -0.1) is 0 Å². The molecule has 4 nitrogen and oxygen atoms in total. The van der Waals surface area contributed by atoms with Crippen LogP contribution in [0.25, 0.3) is 0 Å². The molecule has 0 saturated heterocycles. The minimum atomic E-state index is -0.0552. The molecule has 2 saturated carbocycles. The summed E-state index contributed by atoms with van der Waals surface area (Å²) in [6.07, 6.45) is 8.72. The number of allylic oxidation sites excluding steroid dienone is 2. The fraction of sp³-hybridized carbons (Fsp3) is 0.579. The van der Waals surface area contributed by atoms with Gasteiger partial charge < -0.3 is 10.3 Å². The number of Topliss-reactive ketones (excluding diaryl/α,β-unsaturated/α-hetero) is 1. The lowest BCUT2D eigenvalue weighted by molar-refractivity contribution is 0.0943. The average molecular weight is 312 g/mol. The van der Waals surface area contributed by atoms with Crippen LogP contribution in [0, 0.1) is 37.0 Å². The van der Waals surface area contributed by atoms with Crippen LogP contribution in [0.1, 0.15) is 58.3 Å². The zero-order valence-corrected chi connectivity index (χ0v) is 14.0. The van der Waals surface area contributed by atoms with Crippen LogP contribution in [0.2, 0.25) is 0 Å². The third kappa shape index (κ3) is 2.03. The molecule has 23 heavy (non-hydrogen) atoms. The Hall–Kier alpha value is -1.84. The predicted octanol–water partition coefficient (Wildman–Crippen LogP) is 3.17. The van der Waals surface area contributed by atoms with Gasteiger partial charge in [0.25, 0.3) is 5.91 Å². The van der Waals surface area contributed by atoms with E-state index in [4.69, 9.17) is 0 Å². The zero-order valence-electron chi connectivity index (χ0n) is 14.0. The number of nitrogens with one attached hydrogen (secondary N) is 2. The number of carbonyl (C=O) groups is 2. The molecular weight excluding hydrogens is 288 g/mol. The van der Waals surface area contributed by atoms with E-state index in [1.807, 2.05) is 13.8 Å².